The monoisotopic (exact) mass is 224 g/mol. The second kappa shape index (κ2) is 6.33. The van der Waals surface area contributed by atoms with E-state index in [4.69, 9.17) is 16.7 Å². The number of aliphatic hydroxyl groups is 1. The molecule has 0 aliphatic carbocycles. The van der Waals surface area contributed by atoms with E-state index in [-0.39, 0.29) is 6.42 Å². The molecule has 0 radical (unpaired) electrons. The molecule has 0 heterocycles. The lowest BCUT2D eigenvalue weighted by Crippen LogP contribution is -2.27. The van der Waals surface area contributed by atoms with Crippen molar-refractivity contribution >= 4 is 29.5 Å². The molecular formula is C7H9ClO6. The van der Waals surface area contributed by atoms with Gasteiger partial charge in [-0.25, -0.2) is 9.59 Å². The van der Waals surface area contributed by atoms with Crippen LogP contribution in [0.1, 0.15) is 13.3 Å². The first-order valence-electron chi connectivity index (χ1n) is 3.70. The van der Waals surface area contributed by atoms with Gasteiger partial charge in [-0.1, -0.05) is 18.5 Å². The van der Waals surface area contributed by atoms with Gasteiger partial charge in [0.15, 0.2) is 0 Å². The molecule has 0 aromatic rings. The highest BCUT2D eigenvalue weighted by molar-refractivity contribution is 6.29. The topological polar surface area (TPSA) is 89.9 Å². The summed E-state index contributed by atoms with van der Waals surface area (Å²) in [6.45, 7) is 0.580. The number of rotatable bonds is 4. The fourth-order valence-corrected chi connectivity index (χ4v) is 0.575. The zero-order valence-corrected chi connectivity index (χ0v) is 8.11. The van der Waals surface area contributed by atoms with Crippen LogP contribution in [-0.2, 0) is 23.9 Å². The van der Waals surface area contributed by atoms with Gasteiger partial charge in [0.1, 0.15) is 6.61 Å². The molecule has 0 amide bonds. The average molecular weight is 225 g/mol. The quantitative estimate of drug-likeness (QED) is 0.396. The number of esters is 3. The first-order chi connectivity index (χ1) is 6.51. The summed E-state index contributed by atoms with van der Waals surface area (Å²) in [7, 11) is 0. The summed E-state index contributed by atoms with van der Waals surface area (Å²) in [5.41, 5.74) is -1.72. The van der Waals surface area contributed by atoms with Crippen LogP contribution < -0.4 is 0 Å². The van der Waals surface area contributed by atoms with Gasteiger partial charge >= 0.3 is 17.9 Å². The molecule has 0 aromatic heterocycles. The van der Waals surface area contributed by atoms with Crippen molar-refractivity contribution in [2.24, 2.45) is 0 Å². The van der Waals surface area contributed by atoms with Crippen molar-refractivity contribution in [1.82, 2.24) is 0 Å². The number of hydrogen-bond acceptors (Lipinski definition) is 6. The van der Waals surface area contributed by atoms with E-state index in [0.29, 0.717) is 0 Å². The molecule has 0 bridgehead atoms. The van der Waals surface area contributed by atoms with Crippen LogP contribution in [0.5, 0.6) is 0 Å². The van der Waals surface area contributed by atoms with E-state index in [1.807, 2.05) is 0 Å². The van der Waals surface area contributed by atoms with Crippen molar-refractivity contribution in [1.29, 1.82) is 0 Å². The highest BCUT2D eigenvalue weighted by Gasteiger charge is 2.23. The molecule has 0 spiro atoms. The summed E-state index contributed by atoms with van der Waals surface area (Å²) in [5.74, 6) is -3.04. The third-order valence-electron chi connectivity index (χ3n) is 1.05. The van der Waals surface area contributed by atoms with E-state index in [1.54, 1.807) is 0 Å². The van der Waals surface area contributed by atoms with Crippen molar-refractivity contribution in [2.45, 2.75) is 18.9 Å². The van der Waals surface area contributed by atoms with Gasteiger partial charge in [0, 0.05) is 6.42 Å². The predicted octanol–water partition coefficient (Wildman–Crippen LogP) is -0.433. The molecule has 7 heteroatoms. The molecule has 14 heavy (non-hydrogen) atoms. The fourth-order valence-electron chi connectivity index (χ4n) is 0.431. The van der Waals surface area contributed by atoms with Crippen molar-refractivity contribution in [3.05, 3.63) is 0 Å². The van der Waals surface area contributed by atoms with Gasteiger partial charge in [0.2, 0.25) is 0 Å². The Morgan fingerprint density at radius 1 is 1.36 bits per heavy atom. The summed E-state index contributed by atoms with van der Waals surface area (Å²) < 4.78 is 8.29. The second-order valence-corrected chi connectivity index (χ2v) is 2.51. The maximum absolute atomic E-state index is 10.8. The molecule has 0 saturated heterocycles. The number of carbonyl (C=O) groups excluding carboxylic acids is 3. The third kappa shape index (κ3) is 4.78. The van der Waals surface area contributed by atoms with Gasteiger partial charge in [0.25, 0.3) is 5.56 Å². The molecule has 80 valence electrons. The Kier molecular flexibility index (Phi) is 5.82. The van der Waals surface area contributed by atoms with Crippen LogP contribution in [-0.4, -0.2) is 35.2 Å². The van der Waals surface area contributed by atoms with Crippen LogP contribution in [0.15, 0.2) is 0 Å². The normalized spacial score (nSPS) is 11.6. The van der Waals surface area contributed by atoms with Crippen LogP contribution in [0.25, 0.3) is 0 Å². The number of alkyl halides is 1. The molecule has 0 rings (SSSR count). The van der Waals surface area contributed by atoms with Crippen molar-refractivity contribution < 1.29 is 29.0 Å². The molecule has 0 aliphatic rings. The van der Waals surface area contributed by atoms with E-state index in [9.17, 15) is 14.4 Å². The van der Waals surface area contributed by atoms with Crippen LogP contribution in [0.3, 0.4) is 0 Å². The smallest absolute Gasteiger partial charge is 0.371 e. The minimum atomic E-state index is -1.72. The molecule has 1 unspecified atom stereocenters. The van der Waals surface area contributed by atoms with E-state index in [0.717, 1.165) is 0 Å². The maximum Gasteiger partial charge on any atom is 0.371 e. The van der Waals surface area contributed by atoms with Crippen LogP contribution >= 0.6 is 11.6 Å². The minimum Gasteiger partial charge on any atom is -0.432 e. The molecule has 1 atom stereocenters. The number of carbonyl (C=O) groups is 3. The van der Waals surface area contributed by atoms with Gasteiger partial charge in [-0.15, -0.1) is 0 Å². The van der Waals surface area contributed by atoms with Crippen molar-refractivity contribution in [2.75, 3.05) is 6.61 Å². The van der Waals surface area contributed by atoms with Crippen LogP contribution in [0.2, 0.25) is 0 Å². The number of aliphatic hydroxyl groups excluding tert-OH is 1. The van der Waals surface area contributed by atoms with Gasteiger partial charge < -0.3 is 14.6 Å². The SMILES string of the molecule is CCC(=O)OC(=O)C(Cl)OC(=O)CO. The lowest BCUT2D eigenvalue weighted by atomic mass is 10.5. The Labute approximate surface area is 84.7 Å². The molecule has 0 aromatic carbocycles. The Balaban J connectivity index is 3.99. The van der Waals surface area contributed by atoms with Gasteiger partial charge in [-0.3, -0.25) is 4.79 Å². The van der Waals surface area contributed by atoms with E-state index < -0.39 is 30.1 Å². The summed E-state index contributed by atoms with van der Waals surface area (Å²) >= 11 is 5.23. The Morgan fingerprint density at radius 2 is 1.93 bits per heavy atom. The van der Waals surface area contributed by atoms with Gasteiger partial charge in [-0.05, 0) is 0 Å². The lowest BCUT2D eigenvalue weighted by molar-refractivity contribution is -0.170. The summed E-state index contributed by atoms with van der Waals surface area (Å²) in [5, 5.41) is 8.24. The zero-order chi connectivity index (χ0) is 11.1. The zero-order valence-electron chi connectivity index (χ0n) is 7.36. The molecule has 0 aliphatic heterocycles. The fraction of sp³-hybridized carbons (Fsp3) is 0.571. The third-order valence-corrected chi connectivity index (χ3v) is 1.32. The van der Waals surface area contributed by atoms with Crippen LogP contribution in [0.4, 0.5) is 0 Å². The Morgan fingerprint density at radius 3 is 2.36 bits per heavy atom. The van der Waals surface area contributed by atoms with Crippen LogP contribution in [0, 0.1) is 0 Å². The average Bonchev–Trinajstić information content (AvgIpc) is 2.17. The Bertz CT molecular complexity index is 238. The van der Waals surface area contributed by atoms with E-state index in [2.05, 4.69) is 9.47 Å². The standard InChI is InChI=1S/C7H9ClO6/c1-2-4(10)14-7(12)6(8)13-5(11)3-9/h6,9H,2-3H2,1H3. The molecule has 0 saturated carbocycles. The number of ether oxygens (including phenoxy) is 2. The predicted molar refractivity (Wildman–Crippen MR) is 44.2 cm³/mol. The van der Waals surface area contributed by atoms with E-state index in [1.165, 1.54) is 6.92 Å². The summed E-state index contributed by atoms with van der Waals surface area (Å²) in [6, 6.07) is 0. The van der Waals surface area contributed by atoms with Crippen molar-refractivity contribution in [3.63, 3.8) is 0 Å². The highest BCUT2D eigenvalue weighted by atomic mass is 35.5. The highest BCUT2D eigenvalue weighted by Crippen LogP contribution is 2.02. The number of halogens is 1. The minimum absolute atomic E-state index is 0.00327. The number of hydrogen-bond donors (Lipinski definition) is 1. The Hall–Kier alpha value is -1.14. The summed E-state index contributed by atoms with van der Waals surface area (Å²) in [4.78, 5) is 31.9. The van der Waals surface area contributed by atoms with Gasteiger partial charge in [0.05, 0.1) is 0 Å². The van der Waals surface area contributed by atoms with E-state index >= 15 is 0 Å². The largest absolute Gasteiger partial charge is 0.432 e. The lowest BCUT2D eigenvalue weighted by Gasteiger charge is -2.08. The maximum atomic E-state index is 10.8. The molecule has 1 N–H and O–H groups in total. The molecular weight excluding hydrogens is 216 g/mol. The first kappa shape index (κ1) is 12.9. The van der Waals surface area contributed by atoms with Gasteiger partial charge in [-0.2, -0.15) is 0 Å². The summed E-state index contributed by atoms with van der Waals surface area (Å²) in [6.07, 6.45) is 0.00327. The molecule has 6 nitrogen and oxygen atoms in total. The molecule has 0 fully saturated rings. The first-order valence-corrected chi connectivity index (χ1v) is 4.13. The van der Waals surface area contributed by atoms with Crippen molar-refractivity contribution in [3.8, 4) is 0 Å². The second-order valence-electron chi connectivity index (χ2n) is 2.11.